The van der Waals surface area contributed by atoms with E-state index in [1.807, 2.05) is 6.92 Å². The molecule has 0 spiro atoms. The Morgan fingerprint density at radius 2 is 2.06 bits per heavy atom. The number of carbonyl (C=O) groups is 3. The maximum absolute atomic E-state index is 11.7. The van der Waals surface area contributed by atoms with Crippen LogP contribution in [0.2, 0.25) is 0 Å². The molecule has 104 valence electrons. The largest absolute Gasteiger partial charge is 0.356 e. The van der Waals surface area contributed by atoms with E-state index in [0.717, 1.165) is 12.7 Å². The lowest BCUT2D eigenvalue weighted by atomic mass is 10.1. The van der Waals surface area contributed by atoms with Crippen molar-refractivity contribution < 1.29 is 14.4 Å². The van der Waals surface area contributed by atoms with Crippen LogP contribution in [0.4, 0.5) is 0 Å². The molecule has 1 N–H and O–H groups in total. The second kappa shape index (κ2) is 9.62. The van der Waals surface area contributed by atoms with Crippen LogP contribution in [-0.2, 0) is 14.4 Å². The van der Waals surface area contributed by atoms with Crippen LogP contribution in [0.5, 0.6) is 0 Å². The number of aldehydes is 1. The van der Waals surface area contributed by atoms with Gasteiger partial charge in [0.2, 0.25) is 11.8 Å². The zero-order valence-corrected chi connectivity index (χ0v) is 11.6. The molecule has 0 saturated carbocycles. The highest BCUT2D eigenvalue weighted by atomic mass is 16.2. The Bertz CT molecular complexity index is 279. The summed E-state index contributed by atoms with van der Waals surface area (Å²) in [5.41, 5.74) is 0. The van der Waals surface area contributed by atoms with E-state index in [4.69, 9.17) is 0 Å². The van der Waals surface area contributed by atoms with Crippen molar-refractivity contribution in [1.29, 1.82) is 0 Å². The second-order valence-corrected chi connectivity index (χ2v) is 4.52. The fraction of sp³-hybridized carbons (Fsp3) is 0.769. The summed E-state index contributed by atoms with van der Waals surface area (Å²) in [6.07, 6.45) is 3.01. The third-order valence-corrected chi connectivity index (χ3v) is 2.72. The van der Waals surface area contributed by atoms with Crippen LogP contribution in [0.3, 0.4) is 0 Å². The Morgan fingerprint density at radius 3 is 2.61 bits per heavy atom. The van der Waals surface area contributed by atoms with Gasteiger partial charge < -0.3 is 15.0 Å². The molecule has 5 nitrogen and oxygen atoms in total. The van der Waals surface area contributed by atoms with Gasteiger partial charge in [0.1, 0.15) is 6.29 Å². The molecule has 0 bridgehead atoms. The Kier molecular flexibility index (Phi) is 8.88. The molecular weight excluding hydrogens is 232 g/mol. The molecule has 0 aliphatic heterocycles. The SMILES string of the molecule is CCCNC(=O)CCCN(C)C(=O)C(C)CC=O. The van der Waals surface area contributed by atoms with Crippen LogP contribution < -0.4 is 5.32 Å². The highest BCUT2D eigenvalue weighted by molar-refractivity contribution is 5.80. The van der Waals surface area contributed by atoms with E-state index < -0.39 is 0 Å². The molecule has 0 aromatic heterocycles. The molecule has 0 fully saturated rings. The fourth-order valence-corrected chi connectivity index (χ4v) is 1.56. The van der Waals surface area contributed by atoms with Crippen LogP contribution in [0, 0.1) is 5.92 Å². The van der Waals surface area contributed by atoms with E-state index in [1.165, 1.54) is 0 Å². The first-order valence-electron chi connectivity index (χ1n) is 6.48. The summed E-state index contributed by atoms with van der Waals surface area (Å²) in [5, 5.41) is 2.79. The Hall–Kier alpha value is -1.39. The van der Waals surface area contributed by atoms with Gasteiger partial charge in [0.25, 0.3) is 0 Å². The number of amides is 2. The molecule has 0 aromatic rings. The standard InChI is InChI=1S/C13H24N2O3/c1-4-8-14-12(17)6-5-9-15(3)13(18)11(2)7-10-16/h10-11H,4-9H2,1-3H3,(H,14,17). The van der Waals surface area contributed by atoms with Crippen LogP contribution in [0.25, 0.3) is 0 Å². The maximum Gasteiger partial charge on any atom is 0.225 e. The van der Waals surface area contributed by atoms with Gasteiger partial charge in [-0.05, 0) is 12.8 Å². The summed E-state index contributed by atoms with van der Waals surface area (Å²) < 4.78 is 0. The molecule has 1 unspecified atom stereocenters. The summed E-state index contributed by atoms with van der Waals surface area (Å²) in [6.45, 7) is 4.98. The number of nitrogens with one attached hydrogen (secondary N) is 1. The fourth-order valence-electron chi connectivity index (χ4n) is 1.56. The molecule has 18 heavy (non-hydrogen) atoms. The average Bonchev–Trinajstić information content (AvgIpc) is 2.35. The number of hydrogen-bond acceptors (Lipinski definition) is 3. The summed E-state index contributed by atoms with van der Waals surface area (Å²) >= 11 is 0. The van der Waals surface area contributed by atoms with Crippen molar-refractivity contribution >= 4 is 18.1 Å². The summed E-state index contributed by atoms with van der Waals surface area (Å²) in [6, 6.07) is 0. The van der Waals surface area contributed by atoms with Gasteiger partial charge in [-0.3, -0.25) is 9.59 Å². The van der Waals surface area contributed by atoms with E-state index >= 15 is 0 Å². The van der Waals surface area contributed by atoms with Crippen molar-refractivity contribution in [2.24, 2.45) is 5.92 Å². The van der Waals surface area contributed by atoms with Gasteiger partial charge in [0, 0.05) is 38.9 Å². The number of carbonyl (C=O) groups excluding carboxylic acids is 3. The van der Waals surface area contributed by atoms with E-state index in [-0.39, 0.29) is 24.2 Å². The maximum atomic E-state index is 11.7. The minimum absolute atomic E-state index is 0.0265. The van der Waals surface area contributed by atoms with Crippen molar-refractivity contribution in [3.05, 3.63) is 0 Å². The Balaban J connectivity index is 3.82. The quantitative estimate of drug-likeness (QED) is 0.625. The average molecular weight is 256 g/mol. The van der Waals surface area contributed by atoms with Crippen molar-refractivity contribution in [2.45, 2.75) is 39.5 Å². The number of rotatable bonds is 9. The predicted octanol–water partition coefficient (Wildman–Crippen LogP) is 0.976. The van der Waals surface area contributed by atoms with Crippen LogP contribution in [0.15, 0.2) is 0 Å². The molecular formula is C13H24N2O3. The summed E-state index contributed by atoms with van der Waals surface area (Å²) in [7, 11) is 1.70. The van der Waals surface area contributed by atoms with E-state index in [2.05, 4.69) is 5.32 Å². The zero-order valence-electron chi connectivity index (χ0n) is 11.6. The van der Waals surface area contributed by atoms with Crippen molar-refractivity contribution in [3.8, 4) is 0 Å². The Labute approximate surface area is 109 Å². The van der Waals surface area contributed by atoms with Gasteiger partial charge in [0.15, 0.2) is 0 Å². The smallest absolute Gasteiger partial charge is 0.225 e. The molecule has 0 aliphatic carbocycles. The van der Waals surface area contributed by atoms with Gasteiger partial charge >= 0.3 is 0 Å². The first-order chi connectivity index (χ1) is 8.52. The molecule has 0 heterocycles. The first-order valence-corrected chi connectivity index (χ1v) is 6.48. The first kappa shape index (κ1) is 16.6. The van der Waals surface area contributed by atoms with Crippen molar-refractivity contribution in [1.82, 2.24) is 10.2 Å². The predicted molar refractivity (Wildman–Crippen MR) is 70.0 cm³/mol. The van der Waals surface area contributed by atoms with E-state index in [1.54, 1.807) is 18.9 Å². The second-order valence-electron chi connectivity index (χ2n) is 4.52. The molecule has 0 aromatic carbocycles. The van der Waals surface area contributed by atoms with Gasteiger partial charge in [-0.25, -0.2) is 0 Å². The lowest BCUT2D eigenvalue weighted by Crippen LogP contribution is -2.33. The third-order valence-electron chi connectivity index (χ3n) is 2.72. The zero-order chi connectivity index (χ0) is 14.0. The minimum Gasteiger partial charge on any atom is -0.356 e. The minimum atomic E-state index is -0.276. The van der Waals surface area contributed by atoms with Crippen LogP contribution >= 0.6 is 0 Å². The van der Waals surface area contributed by atoms with Crippen LogP contribution in [0.1, 0.15) is 39.5 Å². The Morgan fingerprint density at radius 1 is 1.39 bits per heavy atom. The van der Waals surface area contributed by atoms with E-state index in [9.17, 15) is 14.4 Å². The van der Waals surface area contributed by atoms with Crippen LogP contribution in [-0.4, -0.2) is 43.1 Å². The highest BCUT2D eigenvalue weighted by Crippen LogP contribution is 2.05. The highest BCUT2D eigenvalue weighted by Gasteiger charge is 2.16. The summed E-state index contributed by atoms with van der Waals surface area (Å²) in [4.78, 5) is 35.0. The lowest BCUT2D eigenvalue weighted by Gasteiger charge is -2.20. The molecule has 0 rings (SSSR count). The van der Waals surface area contributed by atoms with Crippen molar-refractivity contribution in [2.75, 3.05) is 20.1 Å². The number of nitrogens with zero attached hydrogens (tertiary/aromatic N) is 1. The third kappa shape index (κ3) is 7.04. The summed E-state index contributed by atoms with van der Waals surface area (Å²) in [5.74, 6) is -0.295. The molecule has 0 radical (unpaired) electrons. The topological polar surface area (TPSA) is 66.5 Å². The molecule has 0 aliphatic rings. The normalized spacial score (nSPS) is 11.7. The van der Waals surface area contributed by atoms with Gasteiger partial charge in [-0.1, -0.05) is 13.8 Å². The molecule has 2 amide bonds. The molecule has 0 saturated heterocycles. The van der Waals surface area contributed by atoms with Gasteiger partial charge in [0.05, 0.1) is 0 Å². The van der Waals surface area contributed by atoms with Gasteiger partial charge in [-0.2, -0.15) is 0 Å². The van der Waals surface area contributed by atoms with Gasteiger partial charge in [-0.15, -0.1) is 0 Å². The molecule has 5 heteroatoms. The monoisotopic (exact) mass is 256 g/mol. The van der Waals surface area contributed by atoms with Crippen molar-refractivity contribution in [3.63, 3.8) is 0 Å². The van der Waals surface area contributed by atoms with E-state index in [0.29, 0.717) is 25.9 Å². The lowest BCUT2D eigenvalue weighted by molar-refractivity contribution is -0.135. The molecule has 1 atom stereocenters. The number of hydrogen-bond donors (Lipinski definition) is 1.